The van der Waals surface area contributed by atoms with Crippen LogP contribution in [-0.4, -0.2) is 18.7 Å². The molecule has 3 N–H and O–H groups in total. The van der Waals surface area contributed by atoms with Gasteiger partial charge in [0.25, 0.3) is 0 Å². The molecule has 0 fully saturated rings. The third-order valence-corrected chi connectivity index (χ3v) is 3.30. The minimum atomic E-state index is -0.0576. The first-order chi connectivity index (χ1) is 8.62. The van der Waals surface area contributed by atoms with E-state index in [-0.39, 0.29) is 5.60 Å². The van der Waals surface area contributed by atoms with Gasteiger partial charge in [-0.1, -0.05) is 18.2 Å². The number of benzene rings is 1. The van der Waals surface area contributed by atoms with E-state index in [9.17, 15) is 0 Å². The Labute approximate surface area is 110 Å². The van der Waals surface area contributed by atoms with Gasteiger partial charge in [-0.2, -0.15) is 0 Å². The van der Waals surface area contributed by atoms with E-state index >= 15 is 0 Å². The molecule has 0 atom stereocenters. The molecule has 0 aromatic heterocycles. The lowest BCUT2D eigenvalue weighted by atomic mass is 10.0. The van der Waals surface area contributed by atoms with Crippen LogP contribution in [0.2, 0.25) is 0 Å². The molecule has 0 saturated heterocycles. The highest BCUT2D eigenvalue weighted by Crippen LogP contribution is 2.37. The summed E-state index contributed by atoms with van der Waals surface area (Å²) in [6.45, 7) is 6.96. The van der Waals surface area contributed by atoms with Crippen LogP contribution in [0.5, 0.6) is 5.75 Å². The highest BCUT2D eigenvalue weighted by Gasteiger charge is 2.31. The Balaban J connectivity index is 1.93. The predicted molar refractivity (Wildman–Crippen MR) is 74.8 cm³/mol. The Morgan fingerprint density at radius 1 is 1.33 bits per heavy atom. The van der Waals surface area contributed by atoms with E-state index < -0.39 is 0 Å². The van der Waals surface area contributed by atoms with Crippen molar-refractivity contribution in [2.24, 2.45) is 5.73 Å². The molecule has 0 unspecified atom stereocenters. The zero-order valence-corrected chi connectivity index (χ0v) is 11.5. The van der Waals surface area contributed by atoms with Gasteiger partial charge in [0, 0.05) is 18.5 Å². The van der Waals surface area contributed by atoms with Crippen molar-refractivity contribution in [3.63, 3.8) is 0 Å². The standard InChI is InChI=1S/C15H24N2O/c1-15(2)10-12-6-5-7-13(14(12)18-15)11-17-9-4-3-8-16/h5-7,17H,3-4,8-11,16H2,1-2H3. The maximum Gasteiger partial charge on any atom is 0.127 e. The van der Waals surface area contributed by atoms with E-state index in [0.717, 1.165) is 44.6 Å². The zero-order chi connectivity index (χ0) is 13.0. The topological polar surface area (TPSA) is 47.3 Å². The fourth-order valence-electron chi connectivity index (χ4n) is 2.44. The maximum atomic E-state index is 6.04. The Bertz CT molecular complexity index is 401. The summed E-state index contributed by atoms with van der Waals surface area (Å²) >= 11 is 0. The summed E-state index contributed by atoms with van der Waals surface area (Å²) in [4.78, 5) is 0. The number of unbranched alkanes of at least 4 members (excludes halogenated alkanes) is 1. The Kier molecular flexibility index (Phi) is 4.25. The third-order valence-electron chi connectivity index (χ3n) is 3.30. The monoisotopic (exact) mass is 248 g/mol. The van der Waals surface area contributed by atoms with Crippen LogP contribution in [0.1, 0.15) is 37.8 Å². The molecule has 3 nitrogen and oxygen atoms in total. The molecule has 3 heteroatoms. The van der Waals surface area contributed by atoms with Crippen molar-refractivity contribution >= 4 is 0 Å². The molecule has 1 aliphatic rings. The molecule has 1 aromatic rings. The van der Waals surface area contributed by atoms with E-state index in [1.807, 2.05) is 0 Å². The van der Waals surface area contributed by atoms with Gasteiger partial charge >= 0.3 is 0 Å². The summed E-state index contributed by atoms with van der Waals surface area (Å²) in [5.41, 5.74) is 8.02. The van der Waals surface area contributed by atoms with Gasteiger partial charge in [0.2, 0.25) is 0 Å². The van der Waals surface area contributed by atoms with E-state index in [4.69, 9.17) is 10.5 Å². The second kappa shape index (κ2) is 5.72. The van der Waals surface area contributed by atoms with Crippen LogP contribution in [-0.2, 0) is 13.0 Å². The first-order valence-corrected chi connectivity index (χ1v) is 6.83. The zero-order valence-electron chi connectivity index (χ0n) is 11.5. The Hall–Kier alpha value is -1.06. The van der Waals surface area contributed by atoms with E-state index in [1.165, 1.54) is 11.1 Å². The van der Waals surface area contributed by atoms with Crippen molar-refractivity contribution in [2.45, 2.75) is 45.3 Å². The van der Waals surface area contributed by atoms with E-state index in [2.05, 4.69) is 37.4 Å². The van der Waals surface area contributed by atoms with Gasteiger partial charge in [0.15, 0.2) is 0 Å². The lowest BCUT2D eigenvalue weighted by molar-refractivity contribution is 0.137. The second-order valence-corrected chi connectivity index (χ2v) is 5.62. The molecule has 0 amide bonds. The fourth-order valence-corrected chi connectivity index (χ4v) is 2.44. The van der Waals surface area contributed by atoms with Gasteiger partial charge in [0.05, 0.1) is 0 Å². The summed E-state index contributed by atoms with van der Waals surface area (Å²) in [5, 5.41) is 3.46. The quantitative estimate of drug-likeness (QED) is 0.759. The molecule has 0 spiro atoms. The molecule has 0 bridgehead atoms. The lowest BCUT2D eigenvalue weighted by Gasteiger charge is -2.18. The highest BCUT2D eigenvalue weighted by molar-refractivity contribution is 5.45. The lowest BCUT2D eigenvalue weighted by Crippen LogP contribution is -2.25. The summed E-state index contributed by atoms with van der Waals surface area (Å²) in [7, 11) is 0. The molecular weight excluding hydrogens is 224 g/mol. The predicted octanol–water partition coefficient (Wildman–Crippen LogP) is 2.23. The molecule has 2 rings (SSSR count). The number of nitrogens with two attached hydrogens (primary N) is 1. The molecule has 1 aromatic carbocycles. The SMILES string of the molecule is CC1(C)Cc2cccc(CNCCCCN)c2O1. The first kappa shape index (κ1) is 13.4. The van der Waals surface area contributed by atoms with Crippen molar-refractivity contribution in [1.29, 1.82) is 0 Å². The number of rotatable bonds is 6. The van der Waals surface area contributed by atoms with Gasteiger partial charge in [0.1, 0.15) is 11.4 Å². The van der Waals surface area contributed by atoms with Gasteiger partial charge in [-0.05, 0) is 45.3 Å². The summed E-state index contributed by atoms with van der Waals surface area (Å²) in [5.74, 6) is 1.09. The maximum absolute atomic E-state index is 6.04. The highest BCUT2D eigenvalue weighted by atomic mass is 16.5. The molecule has 1 heterocycles. The average molecular weight is 248 g/mol. The number of nitrogens with one attached hydrogen (secondary N) is 1. The second-order valence-electron chi connectivity index (χ2n) is 5.62. The van der Waals surface area contributed by atoms with Crippen LogP contribution in [0.15, 0.2) is 18.2 Å². The van der Waals surface area contributed by atoms with Crippen LogP contribution >= 0.6 is 0 Å². The smallest absolute Gasteiger partial charge is 0.127 e. The van der Waals surface area contributed by atoms with Crippen molar-refractivity contribution in [1.82, 2.24) is 5.32 Å². The molecule has 1 aliphatic heterocycles. The van der Waals surface area contributed by atoms with Gasteiger partial charge in [-0.25, -0.2) is 0 Å². The van der Waals surface area contributed by atoms with Crippen LogP contribution in [0.25, 0.3) is 0 Å². The third kappa shape index (κ3) is 3.24. The number of fused-ring (bicyclic) bond motifs is 1. The molecule has 0 saturated carbocycles. The van der Waals surface area contributed by atoms with Gasteiger partial charge in [-0.15, -0.1) is 0 Å². The van der Waals surface area contributed by atoms with Crippen LogP contribution in [0.4, 0.5) is 0 Å². The number of ether oxygens (including phenoxy) is 1. The Morgan fingerprint density at radius 3 is 2.94 bits per heavy atom. The number of hydrogen-bond donors (Lipinski definition) is 2. The summed E-state index contributed by atoms with van der Waals surface area (Å²) in [6, 6.07) is 6.44. The largest absolute Gasteiger partial charge is 0.487 e. The average Bonchev–Trinajstić information content (AvgIpc) is 2.63. The van der Waals surface area contributed by atoms with E-state index in [1.54, 1.807) is 0 Å². The minimum Gasteiger partial charge on any atom is -0.487 e. The van der Waals surface area contributed by atoms with Gasteiger partial charge in [-0.3, -0.25) is 0 Å². The van der Waals surface area contributed by atoms with Crippen LogP contribution in [0.3, 0.4) is 0 Å². The summed E-state index contributed by atoms with van der Waals surface area (Å²) in [6.07, 6.45) is 3.23. The minimum absolute atomic E-state index is 0.0576. The van der Waals surface area contributed by atoms with Crippen molar-refractivity contribution in [2.75, 3.05) is 13.1 Å². The van der Waals surface area contributed by atoms with Crippen molar-refractivity contribution in [3.05, 3.63) is 29.3 Å². The molecule has 0 aliphatic carbocycles. The Morgan fingerprint density at radius 2 is 2.17 bits per heavy atom. The van der Waals surface area contributed by atoms with Crippen LogP contribution < -0.4 is 15.8 Å². The number of hydrogen-bond acceptors (Lipinski definition) is 3. The van der Waals surface area contributed by atoms with Crippen molar-refractivity contribution in [3.8, 4) is 5.75 Å². The first-order valence-electron chi connectivity index (χ1n) is 6.83. The normalized spacial score (nSPS) is 16.4. The molecular formula is C15H24N2O. The fraction of sp³-hybridized carbons (Fsp3) is 0.600. The van der Waals surface area contributed by atoms with Crippen LogP contribution in [0, 0.1) is 0 Å². The van der Waals surface area contributed by atoms with Gasteiger partial charge < -0.3 is 15.8 Å². The molecule has 100 valence electrons. The molecule has 18 heavy (non-hydrogen) atoms. The summed E-state index contributed by atoms with van der Waals surface area (Å²) < 4.78 is 6.04. The van der Waals surface area contributed by atoms with E-state index in [0.29, 0.717) is 0 Å². The van der Waals surface area contributed by atoms with Crippen molar-refractivity contribution < 1.29 is 4.74 Å². The number of para-hydroxylation sites is 1. The molecule has 0 radical (unpaired) electrons.